The zero-order valence-electron chi connectivity index (χ0n) is 22.5. The lowest BCUT2D eigenvalue weighted by atomic mass is 10.0. The zero-order valence-corrected chi connectivity index (χ0v) is 22.5. The highest BCUT2D eigenvalue weighted by Gasteiger charge is 2.28. The number of benzene rings is 3. The van der Waals surface area contributed by atoms with Gasteiger partial charge in [0.2, 0.25) is 23.6 Å². The number of rotatable bonds is 12. The minimum Gasteiger partial charge on any atom is -0.508 e. The molecular formula is C30H34FN5O5. The molecule has 0 bridgehead atoms. The quantitative estimate of drug-likeness (QED) is 0.189. The number of carbonyl (C=O) groups excluding carboxylic acids is 4. The van der Waals surface area contributed by atoms with Gasteiger partial charge < -0.3 is 27.2 Å². The van der Waals surface area contributed by atoms with Crippen LogP contribution in [0.15, 0.2) is 78.9 Å². The van der Waals surface area contributed by atoms with Gasteiger partial charge in [0.25, 0.3) is 0 Å². The number of imide groups is 1. The van der Waals surface area contributed by atoms with Crippen LogP contribution in [0.3, 0.4) is 0 Å². The molecule has 11 heteroatoms. The van der Waals surface area contributed by atoms with Crippen LogP contribution in [-0.4, -0.2) is 52.9 Å². The van der Waals surface area contributed by atoms with Crippen LogP contribution in [0.5, 0.6) is 5.75 Å². The smallest absolute Gasteiger partial charge is 0.249 e. The largest absolute Gasteiger partial charge is 0.508 e. The van der Waals surface area contributed by atoms with Crippen LogP contribution in [0.1, 0.15) is 23.6 Å². The third kappa shape index (κ3) is 9.82. The average Bonchev–Trinajstić information content (AvgIpc) is 2.95. The van der Waals surface area contributed by atoms with Gasteiger partial charge in [-0.15, -0.1) is 0 Å². The molecule has 8 N–H and O–H groups in total. The molecule has 0 fully saturated rings. The Hall–Kier alpha value is -4.61. The number of halogens is 1. The maximum Gasteiger partial charge on any atom is 0.249 e. The summed E-state index contributed by atoms with van der Waals surface area (Å²) < 4.78 is 13.2. The number of carbonyl (C=O) groups is 4. The predicted molar refractivity (Wildman–Crippen MR) is 151 cm³/mol. The predicted octanol–water partition coefficient (Wildman–Crippen LogP) is 0.846. The molecule has 0 aliphatic carbocycles. The lowest BCUT2D eigenvalue weighted by Crippen LogP contribution is -2.57. The van der Waals surface area contributed by atoms with E-state index in [-0.39, 0.29) is 25.0 Å². The number of hydrogen-bond acceptors (Lipinski definition) is 7. The first-order valence-electron chi connectivity index (χ1n) is 13.0. The number of nitrogens with one attached hydrogen (secondary N) is 3. The monoisotopic (exact) mass is 563 g/mol. The van der Waals surface area contributed by atoms with E-state index >= 15 is 0 Å². The van der Waals surface area contributed by atoms with Crippen molar-refractivity contribution in [2.24, 2.45) is 11.5 Å². The number of phenols is 1. The number of nitrogens with two attached hydrogens (primary N) is 2. The van der Waals surface area contributed by atoms with E-state index in [0.717, 1.165) is 11.1 Å². The summed E-state index contributed by atoms with van der Waals surface area (Å²) in [6.07, 6.45) is 0.355. The van der Waals surface area contributed by atoms with Crippen LogP contribution in [0.4, 0.5) is 4.39 Å². The molecule has 4 amide bonds. The van der Waals surface area contributed by atoms with Gasteiger partial charge >= 0.3 is 0 Å². The molecule has 0 saturated carbocycles. The van der Waals surface area contributed by atoms with Gasteiger partial charge in [-0.3, -0.25) is 24.5 Å². The Morgan fingerprint density at radius 1 is 0.683 bits per heavy atom. The highest BCUT2D eigenvalue weighted by atomic mass is 19.1. The summed E-state index contributed by atoms with van der Waals surface area (Å²) in [4.78, 5) is 51.3. The van der Waals surface area contributed by atoms with E-state index in [9.17, 15) is 28.7 Å². The Morgan fingerprint density at radius 3 is 1.73 bits per heavy atom. The molecule has 41 heavy (non-hydrogen) atoms. The Kier molecular flexibility index (Phi) is 11.1. The fourth-order valence-corrected chi connectivity index (χ4v) is 3.99. The van der Waals surface area contributed by atoms with Crippen LogP contribution in [0, 0.1) is 5.82 Å². The first-order chi connectivity index (χ1) is 19.5. The normalized spacial score (nSPS) is 13.8. The second kappa shape index (κ2) is 14.7. The maximum absolute atomic E-state index is 13.2. The summed E-state index contributed by atoms with van der Waals surface area (Å²) in [5.41, 5.74) is 14.1. The second-order valence-electron chi connectivity index (χ2n) is 9.75. The summed E-state index contributed by atoms with van der Waals surface area (Å²) in [6.45, 7) is 1.40. The molecule has 0 aromatic heterocycles. The summed E-state index contributed by atoms with van der Waals surface area (Å²) in [5, 5.41) is 16.7. The van der Waals surface area contributed by atoms with E-state index in [2.05, 4.69) is 16.0 Å². The minimum absolute atomic E-state index is 0.0766. The Labute approximate surface area is 237 Å². The van der Waals surface area contributed by atoms with Crippen molar-refractivity contribution in [3.63, 3.8) is 0 Å². The highest BCUT2D eigenvalue weighted by molar-refractivity contribution is 6.02. The van der Waals surface area contributed by atoms with E-state index in [0.29, 0.717) is 5.56 Å². The molecule has 3 aromatic carbocycles. The van der Waals surface area contributed by atoms with Gasteiger partial charge in [0.1, 0.15) is 23.7 Å². The fraction of sp³-hybridized carbons (Fsp3) is 0.267. The van der Waals surface area contributed by atoms with E-state index in [1.54, 1.807) is 42.5 Å². The van der Waals surface area contributed by atoms with Crippen molar-refractivity contribution in [1.29, 1.82) is 0 Å². The Morgan fingerprint density at radius 2 is 1.17 bits per heavy atom. The topological polar surface area (TPSA) is 177 Å². The molecule has 3 aromatic rings. The van der Waals surface area contributed by atoms with Crippen LogP contribution >= 0.6 is 0 Å². The van der Waals surface area contributed by atoms with Crippen molar-refractivity contribution in [3.8, 4) is 5.75 Å². The van der Waals surface area contributed by atoms with Crippen LogP contribution in [0.2, 0.25) is 0 Å². The fourth-order valence-electron chi connectivity index (χ4n) is 3.99. The third-order valence-electron chi connectivity index (χ3n) is 6.35. The number of amides is 4. The van der Waals surface area contributed by atoms with Crippen LogP contribution < -0.4 is 27.4 Å². The minimum atomic E-state index is -1.15. The van der Waals surface area contributed by atoms with Crippen molar-refractivity contribution in [2.45, 2.75) is 50.4 Å². The molecule has 0 aliphatic heterocycles. The Balaban J connectivity index is 1.60. The van der Waals surface area contributed by atoms with Crippen molar-refractivity contribution < 1.29 is 28.7 Å². The molecule has 0 unspecified atom stereocenters. The van der Waals surface area contributed by atoms with Crippen LogP contribution in [-0.2, 0) is 38.4 Å². The highest BCUT2D eigenvalue weighted by Crippen LogP contribution is 2.11. The summed E-state index contributed by atoms with van der Waals surface area (Å²) in [5.74, 6) is -3.13. The number of aromatic hydroxyl groups is 1. The molecule has 0 saturated heterocycles. The van der Waals surface area contributed by atoms with E-state index < -0.39 is 53.6 Å². The van der Waals surface area contributed by atoms with Crippen molar-refractivity contribution >= 4 is 23.6 Å². The van der Waals surface area contributed by atoms with Crippen molar-refractivity contribution in [3.05, 3.63) is 101 Å². The molecular weight excluding hydrogens is 529 g/mol. The van der Waals surface area contributed by atoms with Crippen molar-refractivity contribution in [1.82, 2.24) is 16.0 Å². The maximum atomic E-state index is 13.2. The van der Waals surface area contributed by atoms with E-state index in [4.69, 9.17) is 11.5 Å². The molecule has 10 nitrogen and oxygen atoms in total. The summed E-state index contributed by atoms with van der Waals surface area (Å²) in [6, 6.07) is 16.4. The summed E-state index contributed by atoms with van der Waals surface area (Å²) >= 11 is 0. The third-order valence-corrected chi connectivity index (χ3v) is 6.35. The lowest BCUT2D eigenvalue weighted by Gasteiger charge is -2.22. The lowest BCUT2D eigenvalue weighted by molar-refractivity contribution is -0.136. The number of hydrogen-bond donors (Lipinski definition) is 6. The standard InChI is InChI=1S/C30H34FN5O5/c1-18(34-28(39)24(32)16-21-9-13-23(37)14-10-21)27(38)36-30(41)26(17-19-5-3-2-4-6-19)35-29(40)25(33)15-20-7-11-22(31)12-8-20/h2-14,18,24-26,37H,15-17,32-33H2,1H3,(H,34,39)(H,35,40)(H,36,38,41)/t18-,24+,25+,26+/m1/s1. The van der Waals surface area contributed by atoms with E-state index in [1.165, 1.54) is 43.3 Å². The average molecular weight is 564 g/mol. The van der Waals surface area contributed by atoms with Gasteiger partial charge in [0, 0.05) is 6.42 Å². The number of phenolic OH excluding ortho intramolecular Hbond substituents is 1. The zero-order chi connectivity index (χ0) is 29.9. The molecule has 0 heterocycles. The molecule has 3 rings (SSSR count). The van der Waals surface area contributed by atoms with Gasteiger partial charge in [-0.1, -0.05) is 54.6 Å². The molecule has 216 valence electrons. The van der Waals surface area contributed by atoms with Crippen LogP contribution in [0.25, 0.3) is 0 Å². The van der Waals surface area contributed by atoms with Gasteiger partial charge in [0.05, 0.1) is 12.1 Å². The summed E-state index contributed by atoms with van der Waals surface area (Å²) in [7, 11) is 0. The first kappa shape index (κ1) is 30.9. The van der Waals surface area contributed by atoms with Gasteiger partial charge in [0.15, 0.2) is 0 Å². The van der Waals surface area contributed by atoms with Crippen molar-refractivity contribution in [2.75, 3.05) is 0 Å². The molecule has 0 radical (unpaired) electrons. The van der Waals surface area contributed by atoms with Gasteiger partial charge in [-0.25, -0.2) is 4.39 Å². The second-order valence-corrected chi connectivity index (χ2v) is 9.75. The SMILES string of the molecule is C[C@@H](NC(=O)[C@@H](N)Cc1ccc(O)cc1)C(=O)NC(=O)[C@H](Cc1ccccc1)NC(=O)[C@@H](N)Cc1ccc(F)cc1. The Bertz CT molecular complexity index is 1340. The first-order valence-corrected chi connectivity index (χ1v) is 13.0. The van der Waals surface area contributed by atoms with E-state index in [1.807, 2.05) is 0 Å². The van der Waals surface area contributed by atoms with Gasteiger partial charge in [-0.2, -0.15) is 0 Å². The molecule has 0 spiro atoms. The molecule has 0 aliphatic rings. The molecule has 4 atom stereocenters. The van der Waals surface area contributed by atoms with Gasteiger partial charge in [-0.05, 0) is 60.7 Å².